The van der Waals surface area contributed by atoms with Crippen molar-refractivity contribution in [2.45, 2.75) is 11.8 Å². The van der Waals surface area contributed by atoms with Crippen LogP contribution >= 0.6 is 27.7 Å². The highest BCUT2D eigenvalue weighted by Crippen LogP contribution is 2.35. The number of hydrogen-bond acceptors (Lipinski definition) is 2. The predicted octanol–water partition coefficient (Wildman–Crippen LogP) is 2.83. The van der Waals surface area contributed by atoms with Gasteiger partial charge in [0.1, 0.15) is 5.82 Å². The fourth-order valence-corrected chi connectivity index (χ4v) is 3.34. The van der Waals surface area contributed by atoms with Gasteiger partial charge in [0, 0.05) is 22.0 Å². The minimum absolute atomic E-state index is 0.0271. The van der Waals surface area contributed by atoms with Crippen molar-refractivity contribution in [3.8, 4) is 0 Å². The largest absolute Gasteiger partial charge is 0.323 e. The summed E-state index contributed by atoms with van der Waals surface area (Å²) in [7, 11) is 0. The van der Waals surface area contributed by atoms with Gasteiger partial charge in [-0.25, -0.2) is 4.39 Å². The van der Waals surface area contributed by atoms with Crippen molar-refractivity contribution in [3.63, 3.8) is 0 Å². The molecule has 70 valence electrons. The third-order valence-electron chi connectivity index (χ3n) is 2.14. The Balaban J connectivity index is 2.56. The van der Waals surface area contributed by atoms with Crippen LogP contribution in [0.25, 0.3) is 0 Å². The van der Waals surface area contributed by atoms with Crippen molar-refractivity contribution in [2.75, 3.05) is 5.75 Å². The molecule has 1 aromatic carbocycles. The molecular weight excluding hydrogens is 253 g/mol. The first-order valence-electron chi connectivity index (χ1n) is 3.99. The zero-order valence-corrected chi connectivity index (χ0v) is 9.29. The average Bonchev–Trinajstić information content (AvgIpc) is 2.07. The van der Waals surface area contributed by atoms with E-state index in [-0.39, 0.29) is 11.9 Å². The lowest BCUT2D eigenvalue weighted by molar-refractivity contribution is 0.619. The van der Waals surface area contributed by atoms with Crippen molar-refractivity contribution in [1.82, 2.24) is 0 Å². The monoisotopic (exact) mass is 261 g/mol. The van der Waals surface area contributed by atoms with E-state index >= 15 is 0 Å². The minimum Gasteiger partial charge on any atom is -0.323 e. The van der Waals surface area contributed by atoms with Gasteiger partial charge in [0.2, 0.25) is 0 Å². The van der Waals surface area contributed by atoms with Gasteiger partial charge in [0.15, 0.2) is 0 Å². The molecule has 0 bridgehead atoms. The number of hydrogen-bond donors (Lipinski definition) is 1. The first-order valence-corrected chi connectivity index (χ1v) is 5.94. The maximum atomic E-state index is 13.0. The number of fused-ring (bicyclic) bond motifs is 1. The van der Waals surface area contributed by atoms with Crippen LogP contribution < -0.4 is 5.73 Å². The van der Waals surface area contributed by atoms with E-state index in [0.717, 1.165) is 27.1 Å². The van der Waals surface area contributed by atoms with E-state index in [1.54, 1.807) is 17.8 Å². The van der Waals surface area contributed by atoms with Gasteiger partial charge < -0.3 is 5.73 Å². The van der Waals surface area contributed by atoms with Crippen molar-refractivity contribution in [1.29, 1.82) is 0 Å². The molecule has 2 N–H and O–H groups in total. The Hall–Kier alpha value is -0.0600. The molecular formula is C9H9BrFNS. The summed E-state index contributed by atoms with van der Waals surface area (Å²) in [6, 6.07) is 3.02. The van der Waals surface area contributed by atoms with Crippen LogP contribution in [-0.2, 0) is 5.75 Å². The van der Waals surface area contributed by atoms with Crippen molar-refractivity contribution in [3.05, 3.63) is 33.5 Å². The molecule has 1 aliphatic rings. The van der Waals surface area contributed by atoms with E-state index in [1.807, 2.05) is 0 Å². The lowest BCUT2D eigenvalue weighted by Gasteiger charge is -2.22. The standard InChI is InChI=1S/C9H9BrFNS/c10-8-2-5(11)1-6-7(8)3-13-4-9(6)12/h1-2,9H,3-4,12H2/t9-/m1/s1. The highest BCUT2D eigenvalue weighted by molar-refractivity contribution is 9.10. The highest BCUT2D eigenvalue weighted by Gasteiger charge is 2.19. The molecule has 0 fully saturated rings. The Labute approximate surface area is 89.0 Å². The molecule has 13 heavy (non-hydrogen) atoms. The molecule has 4 heteroatoms. The third kappa shape index (κ3) is 1.75. The van der Waals surface area contributed by atoms with Crippen LogP contribution in [0.5, 0.6) is 0 Å². The van der Waals surface area contributed by atoms with Gasteiger partial charge in [0.05, 0.1) is 0 Å². The van der Waals surface area contributed by atoms with Crippen LogP contribution in [0.2, 0.25) is 0 Å². The summed E-state index contributed by atoms with van der Waals surface area (Å²) in [5.74, 6) is 1.58. The maximum Gasteiger partial charge on any atom is 0.124 e. The van der Waals surface area contributed by atoms with Gasteiger partial charge in [-0.1, -0.05) is 15.9 Å². The van der Waals surface area contributed by atoms with E-state index < -0.39 is 0 Å². The number of benzene rings is 1. The Morgan fingerprint density at radius 3 is 3.08 bits per heavy atom. The summed E-state index contributed by atoms with van der Waals surface area (Å²) in [6.07, 6.45) is 0. The fraction of sp³-hybridized carbons (Fsp3) is 0.333. The van der Waals surface area contributed by atoms with Crippen molar-refractivity contribution in [2.24, 2.45) is 5.73 Å². The molecule has 0 spiro atoms. The Kier molecular flexibility index (Phi) is 2.62. The molecule has 0 aliphatic carbocycles. The molecule has 1 aliphatic heterocycles. The first-order chi connectivity index (χ1) is 6.18. The van der Waals surface area contributed by atoms with Crippen LogP contribution in [0, 0.1) is 5.82 Å². The van der Waals surface area contributed by atoms with Crippen LogP contribution in [0.3, 0.4) is 0 Å². The topological polar surface area (TPSA) is 26.0 Å². The quantitative estimate of drug-likeness (QED) is 0.778. The lowest BCUT2D eigenvalue weighted by Crippen LogP contribution is -2.19. The number of thioether (sulfide) groups is 1. The van der Waals surface area contributed by atoms with E-state index in [0.29, 0.717) is 0 Å². The highest BCUT2D eigenvalue weighted by atomic mass is 79.9. The second-order valence-corrected chi connectivity index (χ2v) is 4.96. The van der Waals surface area contributed by atoms with Gasteiger partial charge >= 0.3 is 0 Å². The van der Waals surface area contributed by atoms with Crippen molar-refractivity contribution >= 4 is 27.7 Å². The summed E-state index contributed by atoms with van der Waals surface area (Å²) in [6.45, 7) is 0. The van der Waals surface area contributed by atoms with E-state index in [4.69, 9.17) is 5.73 Å². The summed E-state index contributed by atoms with van der Waals surface area (Å²) in [4.78, 5) is 0. The second-order valence-electron chi connectivity index (χ2n) is 3.08. The van der Waals surface area contributed by atoms with Crippen LogP contribution in [-0.4, -0.2) is 5.75 Å². The summed E-state index contributed by atoms with van der Waals surface area (Å²) >= 11 is 5.14. The molecule has 0 unspecified atom stereocenters. The SMILES string of the molecule is N[C@@H]1CSCc2c(Br)cc(F)cc21. The molecule has 0 amide bonds. The molecule has 1 nitrogen and oxygen atoms in total. The van der Waals surface area contributed by atoms with Gasteiger partial charge in [-0.15, -0.1) is 0 Å². The average molecular weight is 262 g/mol. The molecule has 0 aromatic heterocycles. The fourth-order valence-electron chi connectivity index (χ4n) is 1.48. The number of halogens is 2. The molecule has 1 aromatic rings. The lowest BCUT2D eigenvalue weighted by atomic mass is 10.0. The Bertz CT molecular complexity index is 343. The van der Waals surface area contributed by atoms with E-state index in [1.165, 1.54) is 6.07 Å². The molecule has 0 radical (unpaired) electrons. The molecule has 0 saturated heterocycles. The number of rotatable bonds is 0. The zero-order chi connectivity index (χ0) is 9.42. The minimum atomic E-state index is -0.215. The normalized spacial score (nSPS) is 21.3. The maximum absolute atomic E-state index is 13.0. The Morgan fingerprint density at radius 2 is 2.31 bits per heavy atom. The zero-order valence-electron chi connectivity index (χ0n) is 6.89. The van der Waals surface area contributed by atoms with Gasteiger partial charge in [-0.2, -0.15) is 11.8 Å². The van der Waals surface area contributed by atoms with Crippen LogP contribution in [0.15, 0.2) is 16.6 Å². The smallest absolute Gasteiger partial charge is 0.124 e. The summed E-state index contributed by atoms with van der Waals surface area (Å²) in [5.41, 5.74) is 7.97. The summed E-state index contributed by atoms with van der Waals surface area (Å²) in [5, 5.41) is 0. The van der Waals surface area contributed by atoms with E-state index in [9.17, 15) is 4.39 Å². The molecule has 2 rings (SSSR count). The first kappa shape index (κ1) is 9.49. The number of nitrogens with two attached hydrogens (primary N) is 1. The van der Waals surface area contributed by atoms with Crippen LogP contribution in [0.4, 0.5) is 4.39 Å². The van der Waals surface area contributed by atoms with Gasteiger partial charge in [-0.05, 0) is 23.3 Å². The molecule has 1 atom stereocenters. The predicted molar refractivity (Wildman–Crippen MR) is 57.2 cm³/mol. The second kappa shape index (κ2) is 3.59. The third-order valence-corrected chi connectivity index (χ3v) is 3.93. The van der Waals surface area contributed by atoms with Gasteiger partial charge in [-0.3, -0.25) is 0 Å². The van der Waals surface area contributed by atoms with Gasteiger partial charge in [0.25, 0.3) is 0 Å². The summed E-state index contributed by atoms with van der Waals surface area (Å²) < 4.78 is 13.9. The van der Waals surface area contributed by atoms with E-state index in [2.05, 4.69) is 15.9 Å². The molecule has 0 saturated carbocycles. The van der Waals surface area contributed by atoms with Crippen LogP contribution in [0.1, 0.15) is 17.2 Å². The molecule has 1 heterocycles. The van der Waals surface area contributed by atoms with Crippen molar-refractivity contribution < 1.29 is 4.39 Å². The Morgan fingerprint density at radius 1 is 1.54 bits per heavy atom.